The summed E-state index contributed by atoms with van der Waals surface area (Å²) < 4.78 is 4.59. The highest BCUT2D eigenvalue weighted by molar-refractivity contribution is 5.79. The Morgan fingerprint density at radius 1 is 1.31 bits per heavy atom. The van der Waals surface area contributed by atoms with Crippen molar-refractivity contribution in [2.45, 2.75) is 32.6 Å². The Labute approximate surface area is 77.3 Å². The molecule has 0 aromatic carbocycles. The van der Waals surface area contributed by atoms with Gasteiger partial charge in [-0.15, -0.1) is 0 Å². The molecular formula is C9H14O4. The van der Waals surface area contributed by atoms with Crippen LogP contribution in [-0.2, 0) is 19.1 Å². The van der Waals surface area contributed by atoms with E-state index in [4.69, 9.17) is 0 Å². The van der Waals surface area contributed by atoms with Gasteiger partial charge >= 0.3 is 5.97 Å². The molecule has 74 valence electrons. The zero-order chi connectivity index (χ0) is 10.1. The van der Waals surface area contributed by atoms with E-state index in [9.17, 15) is 14.4 Å². The standard InChI is InChI=1S/C9H14O4/c1-8(11)13-7-5-9(12)4-2-3-6-10/h6H,2-5,7H2,1H3. The molecular weight excluding hydrogens is 172 g/mol. The Hall–Kier alpha value is -1.19. The largest absolute Gasteiger partial charge is 0.465 e. The molecule has 0 aromatic rings. The van der Waals surface area contributed by atoms with Crippen molar-refractivity contribution in [1.82, 2.24) is 0 Å². The molecule has 0 N–H and O–H groups in total. The SMILES string of the molecule is CC(=O)OCCC(=O)CCCC=O. The van der Waals surface area contributed by atoms with Crippen molar-refractivity contribution >= 4 is 18.0 Å². The Morgan fingerprint density at radius 2 is 2.00 bits per heavy atom. The minimum absolute atomic E-state index is 0.0306. The molecule has 0 aliphatic carbocycles. The van der Waals surface area contributed by atoms with E-state index in [1.807, 2.05) is 0 Å². The van der Waals surface area contributed by atoms with E-state index in [1.165, 1.54) is 6.92 Å². The van der Waals surface area contributed by atoms with Gasteiger partial charge in [-0.25, -0.2) is 0 Å². The summed E-state index contributed by atoms with van der Waals surface area (Å²) in [5, 5.41) is 0. The highest BCUT2D eigenvalue weighted by Crippen LogP contribution is 1.97. The van der Waals surface area contributed by atoms with Crippen LogP contribution in [0, 0.1) is 0 Å². The second-order valence-electron chi connectivity index (χ2n) is 2.69. The summed E-state index contributed by atoms with van der Waals surface area (Å²) in [5.41, 5.74) is 0. The molecule has 13 heavy (non-hydrogen) atoms. The monoisotopic (exact) mass is 186 g/mol. The first-order valence-electron chi connectivity index (χ1n) is 4.25. The summed E-state index contributed by atoms with van der Waals surface area (Å²) in [6.45, 7) is 1.45. The van der Waals surface area contributed by atoms with Crippen LogP contribution < -0.4 is 0 Å². The smallest absolute Gasteiger partial charge is 0.302 e. The molecule has 0 spiro atoms. The molecule has 0 radical (unpaired) electrons. The minimum atomic E-state index is -0.374. The van der Waals surface area contributed by atoms with Crippen LogP contribution in [0.4, 0.5) is 0 Å². The van der Waals surface area contributed by atoms with Crippen LogP contribution >= 0.6 is 0 Å². The van der Waals surface area contributed by atoms with Gasteiger partial charge in [-0.2, -0.15) is 0 Å². The molecule has 0 atom stereocenters. The van der Waals surface area contributed by atoms with Gasteiger partial charge < -0.3 is 9.53 Å². The van der Waals surface area contributed by atoms with E-state index < -0.39 is 0 Å². The lowest BCUT2D eigenvalue weighted by atomic mass is 10.1. The van der Waals surface area contributed by atoms with Gasteiger partial charge in [0, 0.05) is 26.2 Å². The number of hydrogen-bond donors (Lipinski definition) is 0. The van der Waals surface area contributed by atoms with Crippen LogP contribution in [0.25, 0.3) is 0 Å². The number of ketones is 1. The quantitative estimate of drug-likeness (QED) is 0.336. The first kappa shape index (κ1) is 11.8. The van der Waals surface area contributed by atoms with E-state index in [2.05, 4.69) is 4.74 Å². The molecule has 0 heterocycles. The molecule has 0 fully saturated rings. The third-order valence-electron chi connectivity index (χ3n) is 1.46. The van der Waals surface area contributed by atoms with Crippen molar-refractivity contribution in [3.05, 3.63) is 0 Å². The normalized spacial score (nSPS) is 9.31. The number of esters is 1. The van der Waals surface area contributed by atoms with E-state index in [-0.39, 0.29) is 24.8 Å². The summed E-state index contributed by atoms with van der Waals surface area (Å²) in [6, 6.07) is 0. The number of unbranched alkanes of at least 4 members (excludes halogenated alkanes) is 1. The summed E-state index contributed by atoms with van der Waals surface area (Å²) in [7, 11) is 0. The molecule has 0 aliphatic heterocycles. The molecule has 0 saturated carbocycles. The zero-order valence-electron chi connectivity index (χ0n) is 7.75. The van der Waals surface area contributed by atoms with E-state index >= 15 is 0 Å². The van der Waals surface area contributed by atoms with Gasteiger partial charge in [-0.3, -0.25) is 9.59 Å². The third kappa shape index (κ3) is 8.72. The Balaban J connectivity index is 3.30. The number of Topliss-reactive ketones (excluding diaryl/α,β-unsaturated/α-hetero) is 1. The molecule has 0 rings (SSSR count). The molecule has 0 aliphatic rings. The van der Waals surface area contributed by atoms with Crippen molar-refractivity contribution in [1.29, 1.82) is 0 Å². The highest BCUT2D eigenvalue weighted by Gasteiger charge is 2.02. The zero-order valence-corrected chi connectivity index (χ0v) is 7.75. The average Bonchev–Trinajstić information content (AvgIpc) is 2.04. The molecule has 0 saturated heterocycles. The maximum atomic E-state index is 11.0. The lowest BCUT2D eigenvalue weighted by Crippen LogP contribution is -2.06. The van der Waals surface area contributed by atoms with Gasteiger partial charge in [-0.1, -0.05) is 0 Å². The Kier molecular flexibility index (Phi) is 6.78. The molecule has 0 unspecified atom stereocenters. The van der Waals surface area contributed by atoms with Crippen molar-refractivity contribution < 1.29 is 19.1 Å². The first-order valence-corrected chi connectivity index (χ1v) is 4.25. The van der Waals surface area contributed by atoms with Crippen LogP contribution in [-0.4, -0.2) is 24.6 Å². The van der Waals surface area contributed by atoms with Gasteiger partial charge in [0.1, 0.15) is 12.1 Å². The second-order valence-corrected chi connectivity index (χ2v) is 2.69. The fourth-order valence-corrected chi connectivity index (χ4v) is 0.816. The minimum Gasteiger partial charge on any atom is -0.465 e. The number of carbonyl (C=O) groups is 3. The number of rotatable bonds is 7. The summed E-state index contributed by atoms with van der Waals surface area (Å²) >= 11 is 0. The fourth-order valence-electron chi connectivity index (χ4n) is 0.816. The van der Waals surface area contributed by atoms with Crippen LogP contribution in [0.5, 0.6) is 0 Å². The van der Waals surface area contributed by atoms with Crippen molar-refractivity contribution in [3.63, 3.8) is 0 Å². The van der Waals surface area contributed by atoms with Gasteiger partial charge in [0.2, 0.25) is 0 Å². The number of hydrogen-bond acceptors (Lipinski definition) is 4. The Morgan fingerprint density at radius 3 is 2.54 bits per heavy atom. The van der Waals surface area contributed by atoms with E-state index in [0.29, 0.717) is 19.3 Å². The van der Waals surface area contributed by atoms with Crippen molar-refractivity contribution in [2.75, 3.05) is 6.61 Å². The van der Waals surface area contributed by atoms with Crippen LogP contribution in [0.1, 0.15) is 32.6 Å². The van der Waals surface area contributed by atoms with Crippen LogP contribution in [0.15, 0.2) is 0 Å². The van der Waals surface area contributed by atoms with Gasteiger partial charge in [-0.05, 0) is 6.42 Å². The predicted molar refractivity (Wildman–Crippen MR) is 46.2 cm³/mol. The highest BCUT2D eigenvalue weighted by atomic mass is 16.5. The maximum absolute atomic E-state index is 11.0. The Bertz CT molecular complexity index is 186. The molecule has 0 aromatic heterocycles. The molecule has 4 heteroatoms. The lowest BCUT2D eigenvalue weighted by Gasteiger charge is -2.00. The molecule has 4 nitrogen and oxygen atoms in total. The first-order chi connectivity index (χ1) is 6.16. The van der Waals surface area contributed by atoms with Gasteiger partial charge in [0.15, 0.2) is 0 Å². The van der Waals surface area contributed by atoms with Crippen LogP contribution in [0.3, 0.4) is 0 Å². The van der Waals surface area contributed by atoms with E-state index in [1.54, 1.807) is 0 Å². The van der Waals surface area contributed by atoms with Crippen molar-refractivity contribution in [3.8, 4) is 0 Å². The summed E-state index contributed by atoms with van der Waals surface area (Å²) in [6.07, 6.45) is 2.43. The number of aldehydes is 1. The fraction of sp³-hybridized carbons (Fsp3) is 0.667. The lowest BCUT2D eigenvalue weighted by molar-refractivity contribution is -0.141. The second kappa shape index (κ2) is 7.46. The van der Waals surface area contributed by atoms with Crippen LogP contribution in [0.2, 0.25) is 0 Å². The predicted octanol–water partition coefficient (Wildman–Crippen LogP) is 0.878. The van der Waals surface area contributed by atoms with Crippen molar-refractivity contribution in [2.24, 2.45) is 0 Å². The van der Waals surface area contributed by atoms with E-state index in [0.717, 1.165) is 6.29 Å². The number of carbonyl (C=O) groups excluding carboxylic acids is 3. The maximum Gasteiger partial charge on any atom is 0.302 e. The van der Waals surface area contributed by atoms with Gasteiger partial charge in [0.25, 0.3) is 0 Å². The average molecular weight is 186 g/mol. The third-order valence-corrected chi connectivity index (χ3v) is 1.46. The van der Waals surface area contributed by atoms with Gasteiger partial charge in [0.05, 0.1) is 6.61 Å². The summed E-state index contributed by atoms with van der Waals surface area (Å²) in [4.78, 5) is 31.2. The molecule has 0 bridgehead atoms. The molecule has 0 amide bonds. The topological polar surface area (TPSA) is 60.4 Å². The number of ether oxygens (including phenoxy) is 1. The summed E-state index contributed by atoms with van der Waals surface area (Å²) in [5.74, 6) is -0.344.